The molecule has 0 radical (unpaired) electrons. The van der Waals surface area contributed by atoms with Gasteiger partial charge in [0.2, 0.25) is 5.91 Å². The lowest BCUT2D eigenvalue weighted by atomic mass is 9.88. The predicted octanol–water partition coefficient (Wildman–Crippen LogP) is 2.48. The standard InChI is InChI=1S/C17H26N2O2/c1-19(2)15-10-8-13(9-11-15)16(20)12-18-17(21)14-6-4-3-5-7-14/h8-11,14,16,20H,3-7,12H2,1-2H3,(H,18,21). The van der Waals surface area contributed by atoms with E-state index in [1.165, 1.54) is 6.42 Å². The summed E-state index contributed by atoms with van der Waals surface area (Å²) >= 11 is 0. The third-order valence-corrected chi connectivity index (χ3v) is 4.24. The Morgan fingerprint density at radius 3 is 2.43 bits per heavy atom. The third-order valence-electron chi connectivity index (χ3n) is 4.24. The van der Waals surface area contributed by atoms with Crippen molar-refractivity contribution in [3.8, 4) is 0 Å². The van der Waals surface area contributed by atoms with Crippen molar-refractivity contribution >= 4 is 11.6 Å². The molecule has 1 aromatic rings. The van der Waals surface area contributed by atoms with Gasteiger partial charge in [-0.05, 0) is 30.5 Å². The van der Waals surface area contributed by atoms with Crippen LogP contribution in [-0.2, 0) is 4.79 Å². The molecule has 1 aromatic carbocycles. The number of benzene rings is 1. The number of anilines is 1. The fourth-order valence-electron chi connectivity index (χ4n) is 2.82. The third kappa shape index (κ3) is 4.46. The van der Waals surface area contributed by atoms with Gasteiger partial charge in [-0.3, -0.25) is 4.79 Å². The van der Waals surface area contributed by atoms with Gasteiger partial charge in [0.15, 0.2) is 0 Å². The van der Waals surface area contributed by atoms with Gasteiger partial charge in [0, 0.05) is 32.2 Å². The van der Waals surface area contributed by atoms with Gasteiger partial charge in [0.05, 0.1) is 6.10 Å². The minimum atomic E-state index is -0.645. The topological polar surface area (TPSA) is 52.6 Å². The number of carbonyl (C=O) groups is 1. The first-order valence-corrected chi connectivity index (χ1v) is 7.81. The fourth-order valence-corrected chi connectivity index (χ4v) is 2.82. The molecule has 21 heavy (non-hydrogen) atoms. The summed E-state index contributed by atoms with van der Waals surface area (Å²) in [6.07, 6.45) is 4.86. The maximum Gasteiger partial charge on any atom is 0.223 e. The number of hydrogen-bond acceptors (Lipinski definition) is 3. The summed E-state index contributed by atoms with van der Waals surface area (Å²) in [4.78, 5) is 14.1. The second-order valence-electron chi connectivity index (χ2n) is 6.08. The van der Waals surface area contributed by atoms with Gasteiger partial charge in [-0.1, -0.05) is 31.4 Å². The van der Waals surface area contributed by atoms with E-state index in [0.29, 0.717) is 0 Å². The van der Waals surface area contributed by atoms with Crippen LogP contribution in [0.25, 0.3) is 0 Å². The summed E-state index contributed by atoms with van der Waals surface area (Å²) in [6.45, 7) is 0.288. The van der Waals surface area contributed by atoms with E-state index in [1.54, 1.807) is 0 Å². The maximum absolute atomic E-state index is 12.0. The van der Waals surface area contributed by atoms with Crippen LogP contribution in [0.15, 0.2) is 24.3 Å². The number of rotatable bonds is 5. The molecule has 116 valence electrons. The van der Waals surface area contributed by atoms with Crippen molar-refractivity contribution in [1.29, 1.82) is 0 Å². The molecule has 0 spiro atoms. The average molecular weight is 290 g/mol. The van der Waals surface area contributed by atoms with E-state index in [2.05, 4.69) is 5.32 Å². The number of aliphatic hydroxyl groups is 1. The van der Waals surface area contributed by atoms with E-state index in [4.69, 9.17) is 0 Å². The van der Waals surface area contributed by atoms with Crippen molar-refractivity contribution in [2.45, 2.75) is 38.2 Å². The molecule has 4 heteroatoms. The molecule has 2 rings (SSSR count). The fraction of sp³-hybridized carbons (Fsp3) is 0.588. The molecule has 1 atom stereocenters. The highest BCUT2D eigenvalue weighted by Crippen LogP contribution is 2.24. The lowest BCUT2D eigenvalue weighted by molar-refractivity contribution is -0.126. The van der Waals surface area contributed by atoms with Gasteiger partial charge in [0.25, 0.3) is 0 Å². The van der Waals surface area contributed by atoms with E-state index in [9.17, 15) is 9.90 Å². The van der Waals surface area contributed by atoms with Crippen LogP contribution in [0.4, 0.5) is 5.69 Å². The number of nitrogens with zero attached hydrogens (tertiary/aromatic N) is 1. The van der Waals surface area contributed by atoms with E-state index in [1.807, 2.05) is 43.3 Å². The van der Waals surface area contributed by atoms with E-state index < -0.39 is 6.10 Å². The largest absolute Gasteiger partial charge is 0.387 e. The normalized spacial score (nSPS) is 17.3. The molecule has 1 saturated carbocycles. The van der Waals surface area contributed by atoms with E-state index >= 15 is 0 Å². The minimum absolute atomic E-state index is 0.0960. The Bertz CT molecular complexity index is 450. The van der Waals surface area contributed by atoms with Crippen molar-refractivity contribution in [1.82, 2.24) is 5.32 Å². The van der Waals surface area contributed by atoms with Crippen LogP contribution >= 0.6 is 0 Å². The molecule has 0 saturated heterocycles. The molecular weight excluding hydrogens is 264 g/mol. The van der Waals surface area contributed by atoms with Crippen molar-refractivity contribution < 1.29 is 9.90 Å². The number of carbonyl (C=O) groups excluding carboxylic acids is 1. The number of nitrogens with one attached hydrogen (secondary N) is 1. The van der Waals surface area contributed by atoms with Crippen LogP contribution in [0.5, 0.6) is 0 Å². The number of aliphatic hydroxyl groups excluding tert-OH is 1. The van der Waals surface area contributed by atoms with Gasteiger partial charge in [-0.15, -0.1) is 0 Å². The van der Waals surface area contributed by atoms with Crippen LogP contribution in [-0.4, -0.2) is 31.7 Å². The Morgan fingerprint density at radius 1 is 1.24 bits per heavy atom. The van der Waals surface area contributed by atoms with E-state index in [0.717, 1.165) is 36.9 Å². The van der Waals surface area contributed by atoms with Crippen LogP contribution in [0.3, 0.4) is 0 Å². The predicted molar refractivity (Wildman–Crippen MR) is 85.3 cm³/mol. The van der Waals surface area contributed by atoms with Crippen LogP contribution in [0.1, 0.15) is 43.8 Å². The second-order valence-corrected chi connectivity index (χ2v) is 6.08. The molecule has 2 N–H and O–H groups in total. The summed E-state index contributed by atoms with van der Waals surface area (Å²) < 4.78 is 0. The molecule has 0 aromatic heterocycles. The van der Waals surface area contributed by atoms with Crippen molar-refractivity contribution in [3.63, 3.8) is 0 Å². The zero-order valence-electron chi connectivity index (χ0n) is 13.0. The first-order chi connectivity index (χ1) is 10.1. The molecule has 1 amide bonds. The summed E-state index contributed by atoms with van der Waals surface area (Å²) in [5, 5.41) is 13.1. The van der Waals surface area contributed by atoms with Gasteiger partial charge in [0.1, 0.15) is 0 Å². The van der Waals surface area contributed by atoms with Crippen molar-refractivity contribution in [2.24, 2.45) is 5.92 Å². The highest BCUT2D eigenvalue weighted by atomic mass is 16.3. The van der Waals surface area contributed by atoms with Crippen molar-refractivity contribution in [3.05, 3.63) is 29.8 Å². The van der Waals surface area contributed by atoms with Gasteiger partial charge < -0.3 is 15.3 Å². The Hall–Kier alpha value is -1.55. The quantitative estimate of drug-likeness (QED) is 0.876. The zero-order valence-corrected chi connectivity index (χ0v) is 13.0. The molecule has 0 aliphatic heterocycles. The Kier molecular flexibility index (Phi) is 5.62. The van der Waals surface area contributed by atoms with Crippen LogP contribution in [0.2, 0.25) is 0 Å². The van der Waals surface area contributed by atoms with Gasteiger partial charge in [-0.2, -0.15) is 0 Å². The Balaban J connectivity index is 1.83. The molecule has 1 fully saturated rings. The highest BCUT2D eigenvalue weighted by Gasteiger charge is 2.21. The van der Waals surface area contributed by atoms with Gasteiger partial charge in [-0.25, -0.2) is 0 Å². The summed E-state index contributed by atoms with van der Waals surface area (Å²) in [5.74, 6) is 0.237. The molecule has 1 aliphatic rings. The SMILES string of the molecule is CN(C)c1ccc(C(O)CNC(=O)C2CCCCC2)cc1. The number of hydrogen-bond donors (Lipinski definition) is 2. The Morgan fingerprint density at radius 2 is 1.86 bits per heavy atom. The lowest BCUT2D eigenvalue weighted by Gasteiger charge is -2.22. The van der Waals surface area contributed by atoms with E-state index in [-0.39, 0.29) is 18.4 Å². The smallest absolute Gasteiger partial charge is 0.223 e. The molecule has 1 unspecified atom stereocenters. The zero-order chi connectivity index (χ0) is 15.2. The average Bonchev–Trinajstić information content (AvgIpc) is 2.53. The lowest BCUT2D eigenvalue weighted by Crippen LogP contribution is -2.34. The molecule has 1 aliphatic carbocycles. The first-order valence-electron chi connectivity index (χ1n) is 7.81. The first kappa shape index (κ1) is 15.8. The van der Waals surface area contributed by atoms with Crippen molar-refractivity contribution in [2.75, 3.05) is 25.5 Å². The summed E-state index contributed by atoms with van der Waals surface area (Å²) in [5.41, 5.74) is 1.93. The molecule has 0 bridgehead atoms. The summed E-state index contributed by atoms with van der Waals surface area (Å²) in [7, 11) is 3.96. The molecule has 0 heterocycles. The van der Waals surface area contributed by atoms with Crippen LogP contribution in [0, 0.1) is 5.92 Å². The second kappa shape index (κ2) is 7.46. The minimum Gasteiger partial charge on any atom is -0.387 e. The van der Waals surface area contributed by atoms with Gasteiger partial charge >= 0.3 is 0 Å². The molecule has 4 nitrogen and oxygen atoms in total. The summed E-state index contributed by atoms with van der Waals surface area (Å²) in [6, 6.07) is 7.77. The number of amides is 1. The van der Waals surface area contributed by atoms with Crippen LogP contribution < -0.4 is 10.2 Å². The molecular formula is C17H26N2O2. The Labute approximate surface area is 127 Å². The highest BCUT2D eigenvalue weighted by molar-refractivity contribution is 5.78. The monoisotopic (exact) mass is 290 g/mol. The maximum atomic E-state index is 12.0.